The third-order valence-electron chi connectivity index (χ3n) is 15.9. The van der Waals surface area contributed by atoms with Gasteiger partial charge in [0.05, 0.1) is 6.04 Å². The molecule has 0 rings (SSSR count). The van der Waals surface area contributed by atoms with Crippen molar-refractivity contribution in [2.45, 2.75) is 189 Å². The van der Waals surface area contributed by atoms with Gasteiger partial charge in [0.25, 0.3) is 0 Å². The predicted molar refractivity (Wildman–Crippen MR) is 414 cm³/mol. The van der Waals surface area contributed by atoms with Crippen LogP contribution in [0.2, 0.25) is 0 Å². The van der Waals surface area contributed by atoms with Crippen molar-refractivity contribution in [2.24, 2.45) is 63.1 Å². The zero-order valence-corrected chi connectivity index (χ0v) is 62.4. The van der Waals surface area contributed by atoms with E-state index in [2.05, 4.69) is 101 Å². The van der Waals surface area contributed by atoms with Crippen LogP contribution >= 0.6 is 0 Å². The minimum absolute atomic E-state index is 0.00301. The Balaban J connectivity index is 7.90. The van der Waals surface area contributed by atoms with Crippen molar-refractivity contribution >= 4 is 119 Å². The number of hydrogen-bond donors (Lipinski definition) is 41. The maximum absolute atomic E-state index is 14.9. The minimum atomic E-state index is -1.63. The first-order valence-electron chi connectivity index (χ1n) is 35.8. The summed E-state index contributed by atoms with van der Waals surface area (Å²) in [4.78, 5) is 143. The maximum Gasteiger partial charge on any atom is 0.326 e. The number of carboxylic acids is 1. The van der Waals surface area contributed by atoms with Crippen LogP contribution in [0.5, 0.6) is 0 Å². The van der Waals surface area contributed by atoms with E-state index in [-0.39, 0.29) is 205 Å². The number of rotatable bonds is 59. The third-order valence-corrected chi connectivity index (χ3v) is 15.9. The molecule has 628 valence electrons. The molecule has 0 unspecified atom stereocenters. The van der Waals surface area contributed by atoms with E-state index in [0.29, 0.717) is 6.42 Å². The smallest absolute Gasteiger partial charge is 0.326 e. The molecule has 51 heteroatoms. The van der Waals surface area contributed by atoms with Crippen molar-refractivity contribution in [1.82, 2.24) is 101 Å². The van der Waals surface area contributed by atoms with E-state index in [9.17, 15) is 53.1 Å². The van der Waals surface area contributed by atoms with E-state index in [1.54, 1.807) is 0 Å². The second kappa shape index (κ2) is 56.6. The fourth-order valence-electron chi connectivity index (χ4n) is 10.3. The highest BCUT2D eigenvalue weighted by molar-refractivity contribution is 5.99. The van der Waals surface area contributed by atoms with Gasteiger partial charge >= 0.3 is 5.97 Å². The first-order valence-corrected chi connectivity index (χ1v) is 35.8. The minimum Gasteiger partial charge on any atom is -0.480 e. The Labute approximate surface area is 642 Å². The number of carbonyl (C=O) groups is 10. The summed E-state index contributed by atoms with van der Waals surface area (Å²) in [5.74, 6) is -14.2. The van der Waals surface area contributed by atoms with Crippen molar-refractivity contribution in [2.75, 3.05) is 65.4 Å². The lowest BCUT2D eigenvalue weighted by atomic mass is 10.0. The molecule has 0 heterocycles. The molecule has 0 bridgehead atoms. The van der Waals surface area contributed by atoms with Crippen LogP contribution in [-0.4, -0.2) is 250 Å². The molecule has 0 aromatic heterocycles. The zero-order valence-electron chi connectivity index (χ0n) is 62.4. The summed E-state index contributed by atoms with van der Waals surface area (Å²) in [6.45, 7) is 0.193. The van der Waals surface area contributed by atoms with E-state index in [1.165, 1.54) is 0 Å². The van der Waals surface area contributed by atoms with Crippen LogP contribution in [0, 0.1) is 54.1 Å². The highest BCUT2D eigenvalue weighted by Crippen LogP contribution is 2.12. The zero-order chi connectivity index (χ0) is 84.0. The highest BCUT2D eigenvalue weighted by atomic mass is 16.4. The van der Waals surface area contributed by atoms with E-state index in [1.807, 2.05) is 0 Å². The van der Waals surface area contributed by atoms with E-state index < -0.39 is 161 Å². The number of carboxylic acid groups (broad SMARTS) is 1. The molecule has 0 fully saturated rings. The first kappa shape index (κ1) is 98.4. The molecule has 0 saturated heterocycles. The molecule has 0 aliphatic heterocycles. The summed E-state index contributed by atoms with van der Waals surface area (Å²) in [5.41, 5.74) is 61.1. The molecule has 51 nitrogen and oxygen atoms in total. The van der Waals surface area contributed by atoms with Gasteiger partial charge in [0.1, 0.15) is 54.4 Å². The Bertz CT molecular complexity index is 3110. The number of carbonyl (C=O) groups excluding carboxylic acids is 9. The van der Waals surface area contributed by atoms with Crippen molar-refractivity contribution in [3.8, 4) is 0 Å². The summed E-state index contributed by atoms with van der Waals surface area (Å²) in [5, 5.41) is 135. The van der Waals surface area contributed by atoms with Crippen molar-refractivity contribution in [3.63, 3.8) is 0 Å². The Kier molecular flexibility index (Phi) is 50.2. The van der Waals surface area contributed by atoms with Crippen LogP contribution in [0.4, 0.5) is 0 Å². The van der Waals surface area contributed by atoms with Crippen molar-refractivity contribution in [1.29, 1.82) is 54.1 Å². The molecule has 52 N–H and O–H groups in total. The van der Waals surface area contributed by atoms with Crippen LogP contribution in [0.3, 0.4) is 0 Å². The van der Waals surface area contributed by atoms with Gasteiger partial charge in [0.15, 0.2) is 59.6 Å². The molecule has 9 amide bonds. The number of guanidine groups is 10. The van der Waals surface area contributed by atoms with Gasteiger partial charge in [0, 0.05) is 65.4 Å². The fraction of sp³-hybridized carbons (Fsp3) is 0.667. The van der Waals surface area contributed by atoms with Crippen molar-refractivity contribution < 1.29 is 53.1 Å². The Hall–Kier alpha value is -12.6. The van der Waals surface area contributed by atoms with E-state index >= 15 is 0 Å². The summed E-state index contributed by atoms with van der Waals surface area (Å²) in [6.07, 6.45) is -1.08. The van der Waals surface area contributed by atoms with Gasteiger partial charge in [-0.05, 0) is 128 Å². The van der Waals surface area contributed by atoms with Gasteiger partial charge in [-0.25, -0.2) is 4.79 Å². The summed E-state index contributed by atoms with van der Waals surface area (Å²) in [6, 6.07) is -15.0. The SMILES string of the molecule is N=C(N)NCCC[C@H](NC(=O)[C@H](CCCNC(=N)N)NC(=O)[C@H](CCCNC(=N)N)NC(=O)[C@H](CCCNC(=N)N)NC(=O)[C@H](CCCNC(=N)N)NC(=O)[C@H](CCCNC(=N)N)NC(=O)[C@H](CCCNC(=N)N)NC(=O)[C@H](CCCNC(=N)N)NC(=O)[C@H](CCCNC(=N)N)NC(=O)[C@@H](N)CCCNC(=N)N)C(=O)O. The molecule has 0 radical (unpaired) electrons. The number of nitrogens with one attached hydrogen (secondary N) is 29. The largest absolute Gasteiger partial charge is 0.480 e. The van der Waals surface area contributed by atoms with E-state index in [4.69, 9.17) is 117 Å². The Morgan fingerprint density at radius 3 is 0.459 bits per heavy atom. The fourth-order valence-corrected chi connectivity index (χ4v) is 10.3. The molecule has 111 heavy (non-hydrogen) atoms. The average molecular weight is 1580 g/mol. The highest BCUT2D eigenvalue weighted by Gasteiger charge is 2.36. The number of hydrogen-bond acceptors (Lipinski definition) is 21. The molecular formula is C60H122N40O11. The molecular weight excluding hydrogens is 1460 g/mol. The summed E-state index contributed by atoms with van der Waals surface area (Å²) < 4.78 is 0. The van der Waals surface area contributed by atoms with E-state index in [0.717, 1.165) is 0 Å². The van der Waals surface area contributed by atoms with Gasteiger partial charge in [-0.15, -0.1) is 0 Å². The molecule has 0 aliphatic carbocycles. The molecule has 0 saturated carbocycles. The van der Waals surface area contributed by atoms with Crippen LogP contribution in [0.25, 0.3) is 0 Å². The number of amides is 9. The monoisotopic (exact) mass is 1580 g/mol. The molecule has 0 aliphatic rings. The van der Waals surface area contributed by atoms with Crippen LogP contribution in [-0.2, 0) is 47.9 Å². The van der Waals surface area contributed by atoms with Gasteiger partial charge < -0.3 is 169 Å². The van der Waals surface area contributed by atoms with Crippen LogP contribution in [0.1, 0.15) is 128 Å². The second-order valence-electron chi connectivity index (χ2n) is 25.3. The van der Waals surface area contributed by atoms with Gasteiger partial charge in [0.2, 0.25) is 53.2 Å². The molecule has 0 spiro atoms. The maximum atomic E-state index is 14.9. The van der Waals surface area contributed by atoms with Crippen LogP contribution in [0.15, 0.2) is 0 Å². The van der Waals surface area contributed by atoms with Gasteiger partial charge in [-0.2, -0.15) is 0 Å². The molecule has 0 aromatic rings. The second-order valence-corrected chi connectivity index (χ2v) is 25.3. The number of aliphatic carboxylic acids is 1. The van der Waals surface area contributed by atoms with Gasteiger partial charge in [-0.1, -0.05) is 0 Å². The Morgan fingerprint density at radius 2 is 0.324 bits per heavy atom. The topological polar surface area (TPSA) is 944 Å². The summed E-state index contributed by atoms with van der Waals surface area (Å²) >= 11 is 0. The molecule has 10 atom stereocenters. The lowest BCUT2D eigenvalue weighted by molar-refractivity contribution is -0.142. The lowest BCUT2D eigenvalue weighted by Gasteiger charge is -2.29. The predicted octanol–water partition coefficient (Wildman–Crippen LogP) is -12.6. The van der Waals surface area contributed by atoms with Gasteiger partial charge in [-0.3, -0.25) is 97.2 Å². The average Bonchev–Trinajstić information content (AvgIpc) is 0.860. The third kappa shape index (κ3) is 49.8. The number of nitrogens with two attached hydrogens (primary N) is 11. The quantitative estimate of drug-likeness (QED) is 0.0153. The lowest BCUT2D eigenvalue weighted by Crippen LogP contribution is -2.60. The standard InChI is InChI=1S/C60H122N40O11/c61-31(11-1-21-82-51(62)63)41(101)92-32(12-2-22-83-52(64)65)42(102)93-33(13-3-23-84-53(66)67)43(103)94-34(14-4-24-85-54(68)69)44(104)95-35(15-5-25-86-55(70)71)45(105)96-36(16-6-26-87-56(72)73)46(106)97-37(17-7-27-88-57(74)75)47(107)98-38(18-8-28-89-58(76)77)48(108)99-39(19-9-29-90-59(78)79)49(109)100-40(50(110)111)20-10-30-91-60(80)81/h31-40H,1-30,61H2,(H,92,101)(H,93,102)(H,94,103)(H,95,104)(H,96,105)(H,97,106)(H,98,107)(H,99,108)(H,100,109)(H,110,111)(H4,62,63,82)(H4,64,65,83)(H4,66,67,84)(H4,68,69,85)(H4,70,71,86)(H4,72,73,87)(H4,74,75,88)(H4,76,77,89)(H4,78,79,90)(H4,80,81,91)/t31-,32-,33-,34-,35-,36-,37-,38-,39-,40-/m0/s1. The molecule has 0 aromatic carbocycles. The van der Waals surface area contributed by atoms with Crippen LogP contribution < -0.4 is 164 Å². The Morgan fingerprint density at radius 1 is 0.207 bits per heavy atom. The normalized spacial score (nSPS) is 13.3. The van der Waals surface area contributed by atoms with Crippen molar-refractivity contribution in [3.05, 3.63) is 0 Å². The first-order chi connectivity index (χ1) is 52.3. The summed E-state index contributed by atoms with van der Waals surface area (Å²) in [7, 11) is 0.